The molecule has 1 aromatic carbocycles. The van der Waals surface area contributed by atoms with E-state index < -0.39 is 0 Å². The van der Waals surface area contributed by atoms with Crippen LogP contribution in [0.1, 0.15) is 24.2 Å². The van der Waals surface area contributed by atoms with E-state index in [1.165, 1.54) is 5.56 Å². The molecular formula is C20H20N6. The number of nitrogens with one attached hydrogen (secondary N) is 1. The van der Waals surface area contributed by atoms with Gasteiger partial charge in [0.2, 0.25) is 0 Å². The summed E-state index contributed by atoms with van der Waals surface area (Å²) in [4.78, 5) is 13.7. The van der Waals surface area contributed by atoms with E-state index in [0.29, 0.717) is 5.82 Å². The Labute approximate surface area is 152 Å². The minimum absolute atomic E-state index is 0.107. The standard InChI is InChI=1S/C20H20N6/c1-13(15-8-5-4-6-9-15)22-19-17-14(2)25-26(3)20(17)24-18(23-19)16-10-7-11-21-12-16/h4-13H,1-3H3,(H,22,23,24). The Kier molecular flexibility index (Phi) is 4.08. The zero-order valence-electron chi connectivity index (χ0n) is 15.0. The molecular weight excluding hydrogens is 324 g/mol. The molecule has 0 fully saturated rings. The van der Waals surface area contributed by atoms with Gasteiger partial charge in [-0.3, -0.25) is 9.67 Å². The fraction of sp³-hybridized carbons (Fsp3) is 0.200. The summed E-state index contributed by atoms with van der Waals surface area (Å²) in [7, 11) is 1.90. The molecule has 0 aliphatic rings. The van der Waals surface area contributed by atoms with Gasteiger partial charge in [-0.15, -0.1) is 0 Å². The van der Waals surface area contributed by atoms with E-state index in [-0.39, 0.29) is 6.04 Å². The SMILES string of the molecule is Cc1nn(C)c2nc(-c3cccnc3)nc(NC(C)c3ccccc3)c12. The number of aromatic nitrogens is 5. The van der Waals surface area contributed by atoms with Crippen LogP contribution in [0, 0.1) is 6.92 Å². The van der Waals surface area contributed by atoms with Crippen molar-refractivity contribution < 1.29 is 0 Å². The zero-order valence-corrected chi connectivity index (χ0v) is 15.0. The van der Waals surface area contributed by atoms with Crippen molar-refractivity contribution in [2.45, 2.75) is 19.9 Å². The Hall–Kier alpha value is -3.28. The molecule has 0 aliphatic heterocycles. The number of rotatable bonds is 4. The molecule has 1 N–H and O–H groups in total. The average molecular weight is 344 g/mol. The molecule has 0 saturated carbocycles. The average Bonchev–Trinajstić information content (AvgIpc) is 2.97. The predicted molar refractivity (Wildman–Crippen MR) is 103 cm³/mol. The molecule has 0 saturated heterocycles. The summed E-state index contributed by atoms with van der Waals surface area (Å²) < 4.78 is 1.80. The number of fused-ring (bicyclic) bond motifs is 1. The number of pyridine rings is 1. The van der Waals surface area contributed by atoms with Crippen molar-refractivity contribution in [2.75, 3.05) is 5.32 Å². The van der Waals surface area contributed by atoms with Gasteiger partial charge in [-0.2, -0.15) is 5.10 Å². The molecule has 6 nitrogen and oxygen atoms in total. The third kappa shape index (κ3) is 2.90. The predicted octanol–water partition coefficient (Wildman–Crippen LogP) is 3.91. The van der Waals surface area contributed by atoms with E-state index in [1.807, 2.05) is 44.3 Å². The van der Waals surface area contributed by atoms with Crippen LogP contribution in [-0.2, 0) is 7.05 Å². The lowest BCUT2D eigenvalue weighted by Gasteiger charge is -2.16. The van der Waals surface area contributed by atoms with Crippen molar-refractivity contribution in [2.24, 2.45) is 7.05 Å². The number of benzene rings is 1. The van der Waals surface area contributed by atoms with Gasteiger partial charge in [0.15, 0.2) is 11.5 Å². The first kappa shape index (κ1) is 16.2. The largest absolute Gasteiger partial charge is 0.363 e. The van der Waals surface area contributed by atoms with Crippen LogP contribution < -0.4 is 5.32 Å². The molecule has 4 rings (SSSR count). The van der Waals surface area contributed by atoms with Crippen molar-refractivity contribution >= 4 is 16.9 Å². The lowest BCUT2D eigenvalue weighted by molar-refractivity contribution is 0.773. The van der Waals surface area contributed by atoms with Crippen molar-refractivity contribution in [3.8, 4) is 11.4 Å². The molecule has 4 aromatic rings. The van der Waals surface area contributed by atoms with Crippen LogP contribution in [0.2, 0.25) is 0 Å². The highest BCUT2D eigenvalue weighted by Gasteiger charge is 2.17. The Morgan fingerprint density at radius 2 is 1.85 bits per heavy atom. The van der Waals surface area contributed by atoms with E-state index in [9.17, 15) is 0 Å². The van der Waals surface area contributed by atoms with Crippen LogP contribution >= 0.6 is 0 Å². The van der Waals surface area contributed by atoms with Gasteiger partial charge in [0.1, 0.15) is 5.82 Å². The Morgan fingerprint density at radius 3 is 2.58 bits per heavy atom. The number of anilines is 1. The summed E-state index contributed by atoms with van der Waals surface area (Å²) in [5, 5.41) is 9.01. The summed E-state index contributed by atoms with van der Waals surface area (Å²) in [5.41, 5.74) is 3.79. The van der Waals surface area contributed by atoms with Gasteiger partial charge in [0.25, 0.3) is 0 Å². The van der Waals surface area contributed by atoms with Gasteiger partial charge < -0.3 is 5.32 Å². The molecule has 26 heavy (non-hydrogen) atoms. The van der Waals surface area contributed by atoms with Crippen molar-refractivity contribution in [3.05, 3.63) is 66.1 Å². The highest BCUT2D eigenvalue weighted by molar-refractivity contribution is 5.91. The zero-order chi connectivity index (χ0) is 18.1. The number of hydrogen-bond acceptors (Lipinski definition) is 5. The molecule has 0 bridgehead atoms. The van der Waals surface area contributed by atoms with Crippen LogP contribution in [0.5, 0.6) is 0 Å². The van der Waals surface area contributed by atoms with Gasteiger partial charge in [0.05, 0.1) is 11.1 Å². The third-order valence-electron chi connectivity index (χ3n) is 4.43. The quantitative estimate of drug-likeness (QED) is 0.608. The molecule has 1 atom stereocenters. The van der Waals surface area contributed by atoms with Crippen molar-refractivity contribution in [3.63, 3.8) is 0 Å². The summed E-state index contributed by atoms with van der Waals surface area (Å²) >= 11 is 0. The van der Waals surface area contributed by atoms with Crippen molar-refractivity contribution in [1.29, 1.82) is 0 Å². The summed E-state index contributed by atoms with van der Waals surface area (Å²) in [6.45, 7) is 4.10. The molecule has 0 radical (unpaired) electrons. The van der Waals surface area contributed by atoms with Gasteiger partial charge in [-0.25, -0.2) is 9.97 Å². The minimum Gasteiger partial charge on any atom is -0.363 e. The molecule has 6 heteroatoms. The normalized spacial score (nSPS) is 12.3. The van der Waals surface area contributed by atoms with Gasteiger partial charge in [-0.1, -0.05) is 30.3 Å². The first-order valence-corrected chi connectivity index (χ1v) is 8.56. The molecule has 0 amide bonds. The minimum atomic E-state index is 0.107. The lowest BCUT2D eigenvalue weighted by atomic mass is 10.1. The van der Waals surface area contributed by atoms with E-state index in [0.717, 1.165) is 28.1 Å². The van der Waals surface area contributed by atoms with Crippen LogP contribution in [0.15, 0.2) is 54.9 Å². The van der Waals surface area contributed by atoms with E-state index >= 15 is 0 Å². The fourth-order valence-corrected chi connectivity index (χ4v) is 3.10. The Morgan fingerprint density at radius 1 is 1.04 bits per heavy atom. The molecule has 0 aliphatic carbocycles. The third-order valence-corrected chi connectivity index (χ3v) is 4.43. The summed E-state index contributed by atoms with van der Waals surface area (Å²) in [5.74, 6) is 1.42. The van der Waals surface area contributed by atoms with Crippen LogP contribution in [0.4, 0.5) is 5.82 Å². The second-order valence-corrected chi connectivity index (χ2v) is 6.32. The molecule has 130 valence electrons. The van der Waals surface area contributed by atoms with Crippen LogP contribution in [0.3, 0.4) is 0 Å². The maximum Gasteiger partial charge on any atom is 0.165 e. The second-order valence-electron chi connectivity index (χ2n) is 6.32. The topological polar surface area (TPSA) is 68.5 Å². The van der Waals surface area contributed by atoms with E-state index in [1.54, 1.807) is 17.1 Å². The maximum atomic E-state index is 4.80. The molecule has 1 unspecified atom stereocenters. The monoisotopic (exact) mass is 344 g/mol. The second kappa shape index (κ2) is 6.55. The number of hydrogen-bond donors (Lipinski definition) is 1. The van der Waals surface area contributed by atoms with Gasteiger partial charge >= 0.3 is 0 Å². The smallest absolute Gasteiger partial charge is 0.165 e. The molecule has 3 aromatic heterocycles. The highest BCUT2D eigenvalue weighted by Crippen LogP contribution is 2.29. The molecule has 3 heterocycles. The first-order chi connectivity index (χ1) is 12.6. The van der Waals surface area contributed by atoms with Crippen LogP contribution in [-0.4, -0.2) is 24.7 Å². The summed E-state index contributed by atoms with van der Waals surface area (Å²) in [6.07, 6.45) is 3.52. The van der Waals surface area contributed by atoms with Crippen LogP contribution in [0.25, 0.3) is 22.4 Å². The Bertz CT molecular complexity index is 1040. The van der Waals surface area contributed by atoms with E-state index in [2.05, 4.69) is 34.5 Å². The fourth-order valence-electron chi connectivity index (χ4n) is 3.10. The van der Waals surface area contributed by atoms with Gasteiger partial charge in [-0.05, 0) is 31.5 Å². The summed E-state index contributed by atoms with van der Waals surface area (Å²) in [6, 6.07) is 14.3. The first-order valence-electron chi connectivity index (χ1n) is 8.56. The lowest BCUT2D eigenvalue weighted by Crippen LogP contribution is -2.09. The van der Waals surface area contributed by atoms with E-state index in [4.69, 9.17) is 9.97 Å². The Balaban J connectivity index is 1.84. The van der Waals surface area contributed by atoms with Gasteiger partial charge in [0, 0.05) is 31.0 Å². The highest BCUT2D eigenvalue weighted by atomic mass is 15.3. The number of aryl methyl sites for hydroxylation is 2. The molecule has 0 spiro atoms. The number of nitrogens with zero attached hydrogens (tertiary/aromatic N) is 5. The maximum absolute atomic E-state index is 4.80. The van der Waals surface area contributed by atoms with Crippen molar-refractivity contribution in [1.82, 2.24) is 24.7 Å².